The Labute approximate surface area is 228 Å². The molecule has 0 saturated heterocycles. The quantitative estimate of drug-likeness (QED) is 0.260. The minimum Gasteiger partial charge on any atom is -0.350 e. The average Bonchev–Trinajstić information content (AvgIpc) is 3.55. The summed E-state index contributed by atoms with van der Waals surface area (Å²) in [6, 6.07) is 17.4. The SMILES string of the molecule is C=C(CN(CN(O)CCNC(C)C)c1ccc(-c2cnn(C)c2)cc1)N(C)N1Cc2ccccc2C1.CC. The van der Waals surface area contributed by atoms with Crippen LogP contribution in [-0.4, -0.2) is 69.5 Å². The molecule has 1 aliphatic heterocycles. The molecule has 1 aromatic heterocycles. The number of hydroxylamine groups is 2. The highest BCUT2D eigenvalue weighted by atomic mass is 16.5. The second kappa shape index (κ2) is 14.1. The molecule has 0 fully saturated rings. The summed E-state index contributed by atoms with van der Waals surface area (Å²) < 4.78 is 1.81. The van der Waals surface area contributed by atoms with Crippen molar-refractivity contribution in [2.45, 2.75) is 46.8 Å². The van der Waals surface area contributed by atoms with E-state index < -0.39 is 0 Å². The molecule has 38 heavy (non-hydrogen) atoms. The molecule has 206 valence electrons. The molecule has 4 rings (SSSR count). The van der Waals surface area contributed by atoms with Crippen molar-refractivity contribution in [1.82, 2.24) is 30.2 Å². The van der Waals surface area contributed by atoms with Crippen LogP contribution in [0.3, 0.4) is 0 Å². The molecule has 8 nitrogen and oxygen atoms in total. The average molecular weight is 520 g/mol. The molecule has 2 heterocycles. The van der Waals surface area contributed by atoms with E-state index in [9.17, 15) is 5.21 Å². The first-order valence-corrected chi connectivity index (χ1v) is 13.5. The molecule has 2 N–H and O–H groups in total. The van der Waals surface area contributed by atoms with Gasteiger partial charge in [0, 0.05) is 69.5 Å². The molecule has 0 amide bonds. The van der Waals surface area contributed by atoms with Crippen LogP contribution in [0.2, 0.25) is 0 Å². The summed E-state index contributed by atoms with van der Waals surface area (Å²) >= 11 is 0. The van der Waals surface area contributed by atoms with Crippen LogP contribution in [0.25, 0.3) is 11.1 Å². The highest BCUT2D eigenvalue weighted by Crippen LogP contribution is 2.27. The highest BCUT2D eigenvalue weighted by molar-refractivity contribution is 5.65. The Balaban J connectivity index is 0.00000195. The monoisotopic (exact) mass is 519 g/mol. The number of anilines is 1. The lowest BCUT2D eigenvalue weighted by atomic mass is 10.1. The summed E-state index contributed by atoms with van der Waals surface area (Å²) in [5.41, 5.74) is 6.90. The third-order valence-corrected chi connectivity index (χ3v) is 6.61. The van der Waals surface area contributed by atoms with E-state index in [0.29, 0.717) is 25.8 Å². The van der Waals surface area contributed by atoms with E-state index in [-0.39, 0.29) is 0 Å². The van der Waals surface area contributed by atoms with E-state index in [0.717, 1.165) is 42.1 Å². The van der Waals surface area contributed by atoms with Crippen LogP contribution >= 0.6 is 0 Å². The van der Waals surface area contributed by atoms with Crippen LogP contribution in [0.4, 0.5) is 5.69 Å². The number of aryl methyl sites for hydroxylation is 1. The lowest BCUT2D eigenvalue weighted by molar-refractivity contribution is -0.0890. The summed E-state index contributed by atoms with van der Waals surface area (Å²) in [5.74, 6) is 0. The zero-order valence-corrected chi connectivity index (χ0v) is 23.9. The van der Waals surface area contributed by atoms with Gasteiger partial charge in [0.05, 0.1) is 19.4 Å². The van der Waals surface area contributed by atoms with Crippen molar-refractivity contribution in [2.75, 3.05) is 38.3 Å². The molecule has 0 bridgehead atoms. The number of nitrogens with one attached hydrogen (secondary N) is 1. The summed E-state index contributed by atoms with van der Waals surface area (Å²) in [7, 11) is 3.99. The Morgan fingerprint density at radius 1 is 1.05 bits per heavy atom. The first kappa shape index (κ1) is 29.4. The van der Waals surface area contributed by atoms with Gasteiger partial charge in [0.15, 0.2) is 0 Å². The summed E-state index contributed by atoms with van der Waals surface area (Å²) in [4.78, 5) is 2.16. The van der Waals surface area contributed by atoms with Crippen molar-refractivity contribution >= 4 is 5.69 Å². The van der Waals surface area contributed by atoms with Gasteiger partial charge in [-0.3, -0.25) is 4.68 Å². The van der Waals surface area contributed by atoms with Gasteiger partial charge in [0.2, 0.25) is 0 Å². The zero-order valence-electron chi connectivity index (χ0n) is 23.9. The van der Waals surface area contributed by atoms with Crippen LogP contribution in [-0.2, 0) is 20.1 Å². The zero-order chi connectivity index (χ0) is 27.7. The van der Waals surface area contributed by atoms with Gasteiger partial charge >= 0.3 is 0 Å². The standard InChI is InChI=1S/C28H39N7O.C2H6/c1-22(2)29-14-15-35(36)21-33(28-12-10-24(11-13-28)27-16-30-31(4)18-27)17-23(3)32(5)34-19-25-8-6-7-9-26(25)20-34;1-2/h6-13,16,18,22,29,36H,3,14-15,17,19-21H2,1-2,4-5H3;1-2H3. The second-order valence-corrected chi connectivity index (χ2v) is 9.81. The Hall–Kier alpha value is -3.17. The first-order chi connectivity index (χ1) is 18.3. The van der Waals surface area contributed by atoms with Crippen LogP contribution < -0.4 is 10.2 Å². The molecule has 0 unspecified atom stereocenters. The number of nitrogens with zero attached hydrogens (tertiary/aromatic N) is 6. The van der Waals surface area contributed by atoms with E-state index in [1.807, 2.05) is 33.3 Å². The van der Waals surface area contributed by atoms with Crippen molar-refractivity contribution in [2.24, 2.45) is 7.05 Å². The van der Waals surface area contributed by atoms with E-state index in [1.54, 1.807) is 4.68 Å². The van der Waals surface area contributed by atoms with Crippen LogP contribution in [0.1, 0.15) is 38.8 Å². The number of hydrazine groups is 1. The second-order valence-electron chi connectivity index (χ2n) is 9.81. The minimum atomic E-state index is 0.374. The van der Waals surface area contributed by atoms with Crippen molar-refractivity contribution < 1.29 is 5.21 Å². The maximum absolute atomic E-state index is 10.7. The molecular formula is C30H45N7O. The van der Waals surface area contributed by atoms with Crippen LogP contribution in [0.5, 0.6) is 0 Å². The Kier molecular flexibility index (Phi) is 10.9. The third kappa shape index (κ3) is 7.91. The Morgan fingerprint density at radius 2 is 1.68 bits per heavy atom. The summed E-state index contributed by atoms with van der Waals surface area (Å²) in [6.45, 7) is 16.6. The lowest BCUT2D eigenvalue weighted by Crippen LogP contribution is -2.44. The fourth-order valence-electron chi connectivity index (χ4n) is 4.46. The molecule has 0 atom stereocenters. The Bertz CT molecular complexity index is 1120. The van der Waals surface area contributed by atoms with E-state index in [4.69, 9.17) is 0 Å². The summed E-state index contributed by atoms with van der Waals surface area (Å²) in [5, 5.41) is 24.2. The maximum atomic E-state index is 10.7. The fraction of sp³-hybridized carbons (Fsp3) is 0.433. The molecule has 1 aliphatic rings. The number of likely N-dealkylation sites (N-methyl/N-ethyl adjacent to an activating group) is 1. The largest absolute Gasteiger partial charge is 0.350 e. The van der Waals surface area contributed by atoms with Gasteiger partial charge in [-0.2, -0.15) is 10.2 Å². The Morgan fingerprint density at radius 3 is 2.24 bits per heavy atom. The lowest BCUT2D eigenvalue weighted by Gasteiger charge is -2.36. The maximum Gasteiger partial charge on any atom is 0.0948 e. The number of hydrogen-bond donors (Lipinski definition) is 2. The molecule has 2 aromatic carbocycles. The molecule has 8 heteroatoms. The van der Waals surface area contributed by atoms with Gasteiger partial charge in [-0.1, -0.05) is 70.7 Å². The van der Waals surface area contributed by atoms with Gasteiger partial charge in [0.1, 0.15) is 0 Å². The van der Waals surface area contributed by atoms with Gasteiger partial charge in [-0.15, -0.1) is 0 Å². The highest BCUT2D eigenvalue weighted by Gasteiger charge is 2.23. The number of aromatic nitrogens is 2. The van der Waals surface area contributed by atoms with Gasteiger partial charge < -0.3 is 20.4 Å². The van der Waals surface area contributed by atoms with Gasteiger partial charge in [-0.05, 0) is 28.8 Å². The van der Waals surface area contributed by atoms with Crippen molar-refractivity contribution in [1.29, 1.82) is 0 Å². The predicted molar refractivity (Wildman–Crippen MR) is 156 cm³/mol. The summed E-state index contributed by atoms with van der Waals surface area (Å²) in [6.07, 6.45) is 3.88. The molecule has 0 saturated carbocycles. The number of fused-ring (bicyclic) bond motifs is 1. The first-order valence-electron chi connectivity index (χ1n) is 13.5. The number of hydrogen-bond acceptors (Lipinski definition) is 7. The van der Waals surface area contributed by atoms with Crippen molar-refractivity contribution in [3.8, 4) is 11.1 Å². The van der Waals surface area contributed by atoms with Crippen molar-refractivity contribution in [3.05, 3.63) is 84.3 Å². The van der Waals surface area contributed by atoms with Gasteiger partial charge in [0.25, 0.3) is 0 Å². The van der Waals surface area contributed by atoms with E-state index >= 15 is 0 Å². The number of rotatable bonds is 12. The van der Waals surface area contributed by atoms with Crippen LogP contribution in [0.15, 0.2) is 73.2 Å². The van der Waals surface area contributed by atoms with E-state index in [2.05, 4.69) is 101 Å². The van der Waals surface area contributed by atoms with Crippen LogP contribution in [0, 0.1) is 0 Å². The smallest absolute Gasteiger partial charge is 0.0948 e. The van der Waals surface area contributed by atoms with E-state index in [1.165, 1.54) is 16.2 Å². The molecule has 0 radical (unpaired) electrons. The topological polar surface area (TPSA) is 63.0 Å². The normalized spacial score (nSPS) is 12.9. The van der Waals surface area contributed by atoms with Gasteiger partial charge in [-0.25, -0.2) is 5.01 Å². The van der Waals surface area contributed by atoms with Crippen molar-refractivity contribution in [3.63, 3.8) is 0 Å². The third-order valence-electron chi connectivity index (χ3n) is 6.61. The fourth-order valence-corrected chi connectivity index (χ4v) is 4.46. The predicted octanol–water partition coefficient (Wildman–Crippen LogP) is 4.94. The molecular weight excluding hydrogens is 474 g/mol. The molecule has 0 aliphatic carbocycles. The number of benzene rings is 2. The minimum absolute atomic E-state index is 0.374. The molecule has 3 aromatic rings. The molecule has 0 spiro atoms.